The number of fused-ring (bicyclic) bond motifs is 1. The largest absolute Gasteiger partial charge is 0.490 e. The Morgan fingerprint density at radius 1 is 1.35 bits per heavy atom. The minimum Gasteiger partial charge on any atom is -0.490 e. The molecular weight excluding hydrogens is 250 g/mol. The van der Waals surface area contributed by atoms with Gasteiger partial charge in [-0.25, -0.2) is 0 Å². The normalized spacial score (nSPS) is 18.6. The van der Waals surface area contributed by atoms with E-state index in [1.807, 2.05) is 6.92 Å². The van der Waals surface area contributed by atoms with E-state index < -0.39 is 0 Å². The maximum atomic E-state index is 5.78. The van der Waals surface area contributed by atoms with Crippen LogP contribution in [-0.4, -0.2) is 12.6 Å². The molecule has 0 fully saturated rings. The Morgan fingerprint density at radius 3 is 2.90 bits per heavy atom. The van der Waals surface area contributed by atoms with E-state index in [0.29, 0.717) is 0 Å². The van der Waals surface area contributed by atoms with E-state index in [4.69, 9.17) is 9.15 Å². The second kappa shape index (κ2) is 5.33. The molecule has 3 heteroatoms. The molecule has 1 N–H and O–H groups in total. The molecule has 0 bridgehead atoms. The molecule has 1 aliphatic heterocycles. The second-order valence-electron chi connectivity index (χ2n) is 5.42. The van der Waals surface area contributed by atoms with Crippen molar-refractivity contribution < 1.29 is 9.15 Å². The van der Waals surface area contributed by atoms with Crippen molar-refractivity contribution in [2.24, 2.45) is 0 Å². The first kappa shape index (κ1) is 13.3. The van der Waals surface area contributed by atoms with Crippen LogP contribution in [0.5, 0.6) is 5.75 Å². The molecule has 2 atom stereocenters. The van der Waals surface area contributed by atoms with E-state index in [1.54, 1.807) is 6.26 Å². The fourth-order valence-electron chi connectivity index (χ4n) is 2.93. The number of rotatable bonds is 4. The maximum absolute atomic E-state index is 5.78. The Labute approximate surface area is 119 Å². The van der Waals surface area contributed by atoms with E-state index in [2.05, 4.69) is 43.4 Å². The summed E-state index contributed by atoms with van der Waals surface area (Å²) in [5.41, 5.74) is 3.78. The number of furan rings is 1. The van der Waals surface area contributed by atoms with Gasteiger partial charge in [-0.05, 0) is 43.7 Å². The third-order valence-corrected chi connectivity index (χ3v) is 3.87. The van der Waals surface area contributed by atoms with Crippen molar-refractivity contribution in [3.63, 3.8) is 0 Å². The zero-order valence-electron chi connectivity index (χ0n) is 12.3. The Kier molecular flexibility index (Phi) is 3.53. The lowest BCUT2D eigenvalue weighted by Gasteiger charge is -2.18. The van der Waals surface area contributed by atoms with Gasteiger partial charge in [-0.2, -0.15) is 0 Å². The number of aryl methyl sites for hydroxylation is 1. The molecule has 0 saturated heterocycles. The van der Waals surface area contributed by atoms with Crippen LogP contribution in [-0.2, 0) is 6.42 Å². The topological polar surface area (TPSA) is 34.4 Å². The average molecular weight is 271 g/mol. The van der Waals surface area contributed by atoms with Crippen LogP contribution in [0.15, 0.2) is 34.9 Å². The number of hydrogen-bond donors (Lipinski definition) is 1. The molecule has 2 unspecified atom stereocenters. The van der Waals surface area contributed by atoms with Crippen LogP contribution < -0.4 is 10.1 Å². The van der Waals surface area contributed by atoms with Crippen molar-refractivity contribution >= 4 is 0 Å². The molecule has 3 rings (SSSR count). The Morgan fingerprint density at radius 2 is 2.20 bits per heavy atom. The van der Waals surface area contributed by atoms with E-state index in [1.165, 1.54) is 16.7 Å². The van der Waals surface area contributed by atoms with Crippen molar-refractivity contribution in [1.29, 1.82) is 0 Å². The van der Waals surface area contributed by atoms with Crippen LogP contribution in [0.4, 0.5) is 0 Å². The van der Waals surface area contributed by atoms with Crippen molar-refractivity contribution in [2.75, 3.05) is 6.54 Å². The predicted octanol–water partition coefficient (Wildman–Crippen LogP) is 3.61. The predicted molar refractivity (Wildman–Crippen MR) is 79.2 cm³/mol. The SMILES string of the molecule is CCNC(c1ccc2c(c1)CC(C)O2)c1ccoc1C. The summed E-state index contributed by atoms with van der Waals surface area (Å²) in [6, 6.07) is 8.73. The standard InChI is InChI=1S/C17H21NO2/c1-4-18-17(15-7-8-19-12(15)3)13-5-6-16-14(10-13)9-11(2)20-16/h5-8,10-11,17-18H,4,9H2,1-3H3. The highest BCUT2D eigenvalue weighted by atomic mass is 16.5. The summed E-state index contributed by atoms with van der Waals surface area (Å²) in [5, 5.41) is 3.54. The van der Waals surface area contributed by atoms with Crippen molar-refractivity contribution in [1.82, 2.24) is 5.32 Å². The molecule has 1 aromatic heterocycles. The number of benzene rings is 1. The summed E-state index contributed by atoms with van der Waals surface area (Å²) in [6.45, 7) is 7.17. The van der Waals surface area contributed by atoms with Crippen LogP contribution >= 0.6 is 0 Å². The molecule has 2 heterocycles. The molecule has 2 aromatic rings. The quantitative estimate of drug-likeness (QED) is 0.922. The van der Waals surface area contributed by atoms with Crippen molar-refractivity contribution in [3.8, 4) is 5.75 Å². The van der Waals surface area contributed by atoms with E-state index in [-0.39, 0.29) is 12.1 Å². The summed E-state index contributed by atoms with van der Waals surface area (Å²) in [7, 11) is 0. The van der Waals surface area contributed by atoms with Gasteiger partial charge in [-0.15, -0.1) is 0 Å². The van der Waals surface area contributed by atoms with Gasteiger partial charge < -0.3 is 14.5 Å². The highest BCUT2D eigenvalue weighted by Gasteiger charge is 2.22. The highest BCUT2D eigenvalue weighted by molar-refractivity contribution is 5.44. The molecule has 0 saturated carbocycles. The Bertz CT molecular complexity index is 603. The molecule has 106 valence electrons. The van der Waals surface area contributed by atoms with Gasteiger partial charge in [0.05, 0.1) is 12.3 Å². The van der Waals surface area contributed by atoms with E-state index >= 15 is 0 Å². The van der Waals surface area contributed by atoms with Gasteiger partial charge in [0.1, 0.15) is 17.6 Å². The zero-order chi connectivity index (χ0) is 14.1. The Hall–Kier alpha value is -1.74. The molecule has 0 amide bonds. The first-order valence-corrected chi connectivity index (χ1v) is 7.26. The van der Waals surface area contributed by atoms with Crippen LogP contribution in [0.2, 0.25) is 0 Å². The van der Waals surface area contributed by atoms with Gasteiger partial charge in [0.15, 0.2) is 0 Å². The minimum absolute atomic E-state index is 0.181. The number of ether oxygens (including phenoxy) is 1. The highest BCUT2D eigenvalue weighted by Crippen LogP contribution is 2.33. The number of nitrogens with one attached hydrogen (secondary N) is 1. The lowest BCUT2D eigenvalue weighted by molar-refractivity contribution is 0.254. The zero-order valence-corrected chi connectivity index (χ0v) is 12.3. The van der Waals surface area contributed by atoms with Gasteiger partial charge in [-0.1, -0.05) is 19.1 Å². The fraction of sp³-hybridized carbons (Fsp3) is 0.412. The average Bonchev–Trinajstić information content (AvgIpc) is 3.00. The molecule has 3 nitrogen and oxygen atoms in total. The molecule has 0 aliphatic carbocycles. The summed E-state index contributed by atoms with van der Waals surface area (Å²) in [6.07, 6.45) is 3.04. The van der Waals surface area contributed by atoms with Crippen LogP contribution in [0, 0.1) is 6.92 Å². The molecular formula is C17H21NO2. The third kappa shape index (κ3) is 2.34. The first-order valence-electron chi connectivity index (χ1n) is 7.26. The van der Waals surface area contributed by atoms with Crippen molar-refractivity contribution in [2.45, 2.75) is 39.3 Å². The molecule has 0 radical (unpaired) electrons. The van der Waals surface area contributed by atoms with Gasteiger partial charge in [0.25, 0.3) is 0 Å². The fourth-order valence-corrected chi connectivity index (χ4v) is 2.93. The molecule has 1 aliphatic rings. The Balaban J connectivity index is 1.97. The van der Waals surface area contributed by atoms with Gasteiger partial charge >= 0.3 is 0 Å². The first-order chi connectivity index (χ1) is 9.69. The molecule has 0 spiro atoms. The number of hydrogen-bond acceptors (Lipinski definition) is 3. The monoisotopic (exact) mass is 271 g/mol. The van der Waals surface area contributed by atoms with Gasteiger partial charge in [0.2, 0.25) is 0 Å². The summed E-state index contributed by atoms with van der Waals surface area (Å²) < 4.78 is 11.2. The summed E-state index contributed by atoms with van der Waals surface area (Å²) in [5.74, 6) is 2.00. The molecule has 20 heavy (non-hydrogen) atoms. The van der Waals surface area contributed by atoms with Gasteiger partial charge in [0, 0.05) is 12.0 Å². The summed E-state index contributed by atoms with van der Waals surface area (Å²) >= 11 is 0. The van der Waals surface area contributed by atoms with E-state index in [9.17, 15) is 0 Å². The smallest absolute Gasteiger partial charge is 0.123 e. The van der Waals surface area contributed by atoms with Crippen LogP contribution in [0.25, 0.3) is 0 Å². The second-order valence-corrected chi connectivity index (χ2v) is 5.42. The van der Waals surface area contributed by atoms with Crippen molar-refractivity contribution in [3.05, 3.63) is 53.0 Å². The summed E-state index contributed by atoms with van der Waals surface area (Å²) in [4.78, 5) is 0. The van der Waals surface area contributed by atoms with Gasteiger partial charge in [-0.3, -0.25) is 0 Å². The van der Waals surface area contributed by atoms with Crippen LogP contribution in [0.1, 0.15) is 42.3 Å². The lowest BCUT2D eigenvalue weighted by Crippen LogP contribution is -2.22. The minimum atomic E-state index is 0.181. The maximum Gasteiger partial charge on any atom is 0.123 e. The molecule has 1 aromatic carbocycles. The lowest BCUT2D eigenvalue weighted by atomic mass is 9.96. The van der Waals surface area contributed by atoms with Crippen LogP contribution in [0.3, 0.4) is 0 Å². The third-order valence-electron chi connectivity index (χ3n) is 3.87. The van der Waals surface area contributed by atoms with E-state index in [0.717, 1.165) is 24.5 Å².